The van der Waals surface area contributed by atoms with Crippen LogP contribution in [0.2, 0.25) is 0 Å². The van der Waals surface area contributed by atoms with Crippen LogP contribution in [0.15, 0.2) is 44.9 Å². The van der Waals surface area contributed by atoms with Gasteiger partial charge in [0.2, 0.25) is 0 Å². The maximum atomic E-state index is 8.59. The summed E-state index contributed by atoms with van der Waals surface area (Å²) in [5, 5.41) is 8.59. The molecule has 74 valence electrons. The first kappa shape index (κ1) is 9.81. The first-order chi connectivity index (χ1) is 7.29. The number of nitriles is 1. The molecule has 2 aromatic heterocycles. The zero-order valence-corrected chi connectivity index (χ0v) is 8.91. The molecule has 0 atom stereocenters. The first-order valence-corrected chi connectivity index (χ1v) is 5.19. The summed E-state index contributed by atoms with van der Waals surface area (Å²) >= 11 is 1.57. The summed E-state index contributed by atoms with van der Waals surface area (Å²) < 4.78 is 5.19. The fourth-order valence-electron chi connectivity index (χ4n) is 1.11. The highest BCUT2D eigenvalue weighted by molar-refractivity contribution is 7.99. The van der Waals surface area contributed by atoms with Crippen LogP contribution in [0.3, 0.4) is 0 Å². The highest BCUT2D eigenvalue weighted by Gasteiger charge is 2.03. The molecule has 0 bridgehead atoms. The Morgan fingerprint density at radius 3 is 2.80 bits per heavy atom. The van der Waals surface area contributed by atoms with Gasteiger partial charge in [-0.25, -0.2) is 4.98 Å². The van der Waals surface area contributed by atoms with E-state index in [-0.39, 0.29) is 0 Å². The normalized spacial score (nSPS) is 9.87. The molecule has 0 unspecified atom stereocenters. The van der Waals surface area contributed by atoms with Crippen LogP contribution in [-0.4, -0.2) is 4.98 Å². The summed E-state index contributed by atoms with van der Waals surface area (Å²) in [5.41, 5.74) is 0.434. The van der Waals surface area contributed by atoms with Crippen molar-refractivity contribution in [2.45, 2.75) is 16.7 Å². The molecular weight excluding hydrogens is 208 g/mol. The predicted octanol–water partition coefficient (Wildman–Crippen LogP) is 3.01. The fraction of sp³-hybridized carbons (Fsp3) is 0.0909. The molecule has 2 rings (SSSR count). The molecule has 15 heavy (non-hydrogen) atoms. The lowest BCUT2D eigenvalue weighted by atomic mass is 10.4. The second-order valence-corrected chi connectivity index (χ2v) is 4.05. The van der Waals surface area contributed by atoms with Crippen molar-refractivity contribution in [3.05, 3.63) is 42.1 Å². The molecule has 0 saturated carbocycles. The number of aryl methyl sites for hydroxylation is 1. The van der Waals surface area contributed by atoms with Gasteiger partial charge in [-0.05, 0) is 25.1 Å². The summed E-state index contributed by atoms with van der Waals surface area (Å²) in [6, 6.07) is 7.48. The van der Waals surface area contributed by atoms with Crippen LogP contribution >= 0.6 is 11.8 Å². The monoisotopic (exact) mass is 216 g/mol. The SMILES string of the molecule is Cc1occc1Sc1ccc(C#N)nc1. The Labute approximate surface area is 91.7 Å². The first-order valence-electron chi connectivity index (χ1n) is 4.37. The van der Waals surface area contributed by atoms with E-state index in [1.54, 1.807) is 30.3 Å². The van der Waals surface area contributed by atoms with Gasteiger partial charge in [0.05, 0.1) is 11.2 Å². The minimum Gasteiger partial charge on any atom is -0.468 e. The fourth-order valence-corrected chi connectivity index (χ4v) is 1.92. The van der Waals surface area contributed by atoms with Crippen LogP contribution in [-0.2, 0) is 0 Å². The molecule has 2 aromatic rings. The Bertz CT molecular complexity index is 496. The smallest absolute Gasteiger partial charge is 0.140 e. The Morgan fingerprint density at radius 2 is 2.27 bits per heavy atom. The third kappa shape index (κ3) is 2.20. The second kappa shape index (κ2) is 4.20. The van der Waals surface area contributed by atoms with Crippen molar-refractivity contribution < 1.29 is 4.42 Å². The van der Waals surface area contributed by atoms with Crippen molar-refractivity contribution in [2.24, 2.45) is 0 Å². The molecule has 2 heterocycles. The van der Waals surface area contributed by atoms with Crippen molar-refractivity contribution in [3.63, 3.8) is 0 Å². The van der Waals surface area contributed by atoms with Gasteiger partial charge >= 0.3 is 0 Å². The van der Waals surface area contributed by atoms with Gasteiger partial charge in [0, 0.05) is 11.1 Å². The molecule has 0 N–H and O–H groups in total. The lowest BCUT2D eigenvalue weighted by molar-refractivity contribution is 0.527. The zero-order valence-electron chi connectivity index (χ0n) is 8.10. The summed E-state index contributed by atoms with van der Waals surface area (Å²) in [5.74, 6) is 0.893. The van der Waals surface area contributed by atoms with Crippen molar-refractivity contribution in [1.82, 2.24) is 4.98 Å². The number of furan rings is 1. The Kier molecular flexibility index (Phi) is 2.75. The van der Waals surface area contributed by atoms with Crippen molar-refractivity contribution in [1.29, 1.82) is 5.26 Å². The molecule has 0 spiro atoms. The molecule has 0 amide bonds. The summed E-state index contributed by atoms with van der Waals surface area (Å²) in [7, 11) is 0. The van der Waals surface area contributed by atoms with E-state index in [9.17, 15) is 0 Å². The Hall–Kier alpha value is -1.73. The number of aromatic nitrogens is 1. The van der Waals surface area contributed by atoms with Crippen LogP contribution in [0.25, 0.3) is 0 Å². The quantitative estimate of drug-likeness (QED) is 0.774. The zero-order chi connectivity index (χ0) is 10.7. The van der Waals surface area contributed by atoms with Crippen LogP contribution in [0, 0.1) is 18.3 Å². The van der Waals surface area contributed by atoms with E-state index in [0.29, 0.717) is 5.69 Å². The minimum absolute atomic E-state index is 0.434. The van der Waals surface area contributed by atoms with Crippen molar-refractivity contribution >= 4 is 11.8 Å². The van der Waals surface area contributed by atoms with E-state index in [4.69, 9.17) is 9.68 Å². The topological polar surface area (TPSA) is 49.8 Å². The van der Waals surface area contributed by atoms with Gasteiger partial charge in [0.1, 0.15) is 17.5 Å². The van der Waals surface area contributed by atoms with Crippen LogP contribution in [0.1, 0.15) is 11.5 Å². The molecule has 0 aromatic carbocycles. The summed E-state index contributed by atoms with van der Waals surface area (Å²) in [4.78, 5) is 6.06. The number of rotatable bonds is 2. The maximum absolute atomic E-state index is 8.59. The molecule has 4 heteroatoms. The van der Waals surface area contributed by atoms with E-state index >= 15 is 0 Å². The van der Waals surface area contributed by atoms with E-state index in [2.05, 4.69) is 4.98 Å². The van der Waals surface area contributed by atoms with E-state index in [1.165, 1.54) is 0 Å². The third-order valence-electron chi connectivity index (χ3n) is 1.89. The molecule has 3 nitrogen and oxygen atoms in total. The largest absolute Gasteiger partial charge is 0.468 e. The summed E-state index contributed by atoms with van der Waals surface area (Å²) in [6.45, 7) is 1.92. The Balaban J connectivity index is 2.19. The van der Waals surface area contributed by atoms with Crippen LogP contribution in [0.5, 0.6) is 0 Å². The van der Waals surface area contributed by atoms with Gasteiger partial charge < -0.3 is 4.42 Å². The maximum Gasteiger partial charge on any atom is 0.140 e. The molecular formula is C11H8N2OS. The van der Waals surface area contributed by atoms with E-state index in [1.807, 2.05) is 25.1 Å². The standard InChI is InChI=1S/C11H8N2OS/c1-8-11(4-5-14-8)15-10-3-2-9(6-12)13-7-10/h2-5,7H,1H3. The second-order valence-electron chi connectivity index (χ2n) is 2.93. The average molecular weight is 216 g/mol. The number of nitrogens with zero attached hydrogens (tertiary/aromatic N) is 2. The predicted molar refractivity (Wildman–Crippen MR) is 56.5 cm³/mol. The third-order valence-corrected chi connectivity index (χ3v) is 3.01. The molecule has 0 aliphatic heterocycles. The number of hydrogen-bond acceptors (Lipinski definition) is 4. The molecule has 0 saturated heterocycles. The van der Waals surface area contributed by atoms with Crippen LogP contribution < -0.4 is 0 Å². The van der Waals surface area contributed by atoms with Gasteiger partial charge in [0.15, 0.2) is 0 Å². The number of pyridine rings is 1. The van der Waals surface area contributed by atoms with Gasteiger partial charge in [-0.15, -0.1) is 0 Å². The van der Waals surface area contributed by atoms with Crippen molar-refractivity contribution in [2.75, 3.05) is 0 Å². The minimum atomic E-state index is 0.434. The molecule has 0 aliphatic rings. The van der Waals surface area contributed by atoms with E-state index < -0.39 is 0 Å². The van der Waals surface area contributed by atoms with E-state index in [0.717, 1.165) is 15.6 Å². The van der Waals surface area contributed by atoms with Gasteiger partial charge in [0.25, 0.3) is 0 Å². The highest BCUT2D eigenvalue weighted by atomic mass is 32.2. The van der Waals surface area contributed by atoms with Gasteiger partial charge in [-0.3, -0.25) is 0 Å². The van der Waals surface area contributed by atoms with Gasteiger partial charge in [-0.1, -0.05) is 11.8 Å². The van der Waals surface area contributed by atoms with Crippen LogP contribution in [0.4, 0.5) is 0 Å². The lowest BCUT2D eigenvalue weighted by Crippen LogP contribution is -1.81. The number of hydrogen-bond donors (Lipinski definition) is 0. The molecule has 0 fully saturated rings. The molecule has 0 radical (unpaired) electrons. The highest BCUT2D eigenvalue weighted by Crippen LogP contribution is 2.30. The van der Waals surface area contributed by atoms with Gasteiger partial charge in [-0.2, -0.15) is 5.26 Å². The Morgan fingerprint density at radius 1 is 1.40 bits per heavy atom. The average Bonchev–Trinajstić information content (AvgIpc) is 2.66. The summed E-state index contributed by atoms with van der Waals surface area (Å²) in [6.07, 6.45) is 3.35. The molecule has 0 aliphatic carbocycles. The lowest BCUT2D eigenvalue weighted by Gasteiger charge is -1.98. The van der Waals surface area contributed by atoms with Crippen molar-refractivity contribution in [3.8, 4) is 6.07 Å².